The molecule has 0 aliphatic carbocycles. The van der Waals surface area contributed by atoms with Crippen molar-refractivity contribution in [3.05, 3.63) is 34.6 Å². The molecule has 76 valence electrons. The molecule has 0 fully saturated rings. The van der Waals surface area contributed by atoms with Crippen molar-refractivity contribution in [2.75, 3.05) is 19.0 Å². The monoisotopic (exact) mass is 213 g/mol. The fourth-order valence-corrected chi connectivity index (χ4v) is 1.81. The van der Waals surface area contributed by atoms with Crippen LogP contribution in [0.4, 0.5) is 10.1 Å². The van der Waals surface area contributed by atoms with Crippen molar-refractivity contribution >= 4 is 23.4 Å². The topological polar surface area (TPSA) is 3.24 Å². The van der Waals surface area contributed by atoms with Gasteiger partial charge in [-0.1, -0.05) is 24.3 Å². The molecule has 0 unspecified atom stereocenters. The summed E-state index contributed by atoms with van der Waals surface area (Å²) in [6.45, 7) is 5.37. The Hall–Kier alpha value is -1.02. The zero-order chi connectivity index (χ0) is 10.9. The van der Waals surface area contributed by atoms with Gasteiger partial charge in [0.25, 0.3) is 0 Å². The molecule has 1 aromatic carbocycles. The summed E-state index contributed by atoms with van der Waals surface area (Å²) in [5.41, 5.74) is 2.05. The average molecular weight is 214 g/mol. The van der Waals surface area contributed by atoms with Crippen LogP contribution in [-0.4, -0.2) is 14.1 Å². The van der Waals surface area contributed by atoms with Gasteiger partial charge in [0, 0.05) is 14.1 Å². The third-order valence-electron chi connectivity index (χ3n) is 2.06. The maximum absolute atomic E-state index is 13.5. The number of nitrogens with zero attached hydrogens (tertiary/aromatic N) is 1. The molecule has 0 radical (unpaired) electrons. The standard InChI is InChI=1S/C11H13ClFN/c1-5-8-6-7(2)10(13)9(12)11(8)14(3)4/h5-6H,1H2,2-4H3. The Bertz CT molecular complexity index is 372. The van der Waals surface area contributed by atoms with Crippen LogP contribution >= 0.6 is 11.6 Å². The van der Waals surface area contributed by atoms with Crippen LogP contribution in [0.5, 0.6) is 0 Å². The van der Waals surface area contributed by atoms with Crippen molar-refractivity contribution in [1.29, 1.82) is 0 Å². The number of rotatable bonds is 2. The SMILES string of the molecule is C=Cc1cc(C)c(F)c(Cl)c1N(C)C. The van der Waals surface area contributed by atoms with Gasteiger partial charge in [0.15, 0.2) is 0 Å². The average Bonchev–Trinajstić information content (AvgIpc) is 2.12. The molecule has 0 aromatic heterocycles. The largest absolute Gasteiger partial charge is 0.376 e. The third kappa shape index (κ3) is 1.75. The lowest BCUT2D eigenvalue weighted by molar-refractivity contribution is 0.618. The third-order valence-corrected chi connectivity index (χ3v) is 2.40. The van der Waals surface area contributed by atoms with Crippen LogP contribution < -0.4 is 4.90 Å². The van der Waals surface area contributed by atoms with Crippen LogP contribution in [0.2, 0.25) is 5.02 Å². The number of hydrogen-bond acceptors (Lipinski definition) is 1. The van der Waals surface area contributed by atoms with Crippen molar-refractivity contribution in [2.24, 2.45) is 0 Å². The Labute approximate surface area is 88.8 Å². The highest BCUT2D eigenvalue weighted by molar-refractivity contribution is 6.33. The number of hydrogen-bond donors (Lipinski definition) is 0. The van der Waals surface area contributed by atoms with E-state index in [-0.39, 0.29) is 10.8 Å². The quantitative estimate of drug-likeness (QED) is 0.727. The normalized spacial score (nSPS) is 10.1. The molecular weight excluding hydrogens is 201 g/mol. The van der Waals surface area contributed by atoms with E-state index in [1.807, 2.05) is 14.1 Å². The van der Waals surface area contributed by atoms with Gasteiger partial charge in [0.1, 0.15) is 10.8 Å². The predicted octanol–water partition coefficient (Wildman–Crippen LogP) is 3.50. The number of benzene rings is 1. The summed E-state index contributed by atoms with van der Waals surface area (Å²) in [7, 11) is 3.64. The van der Waals surface area contributed by atoms with Crippen LogP contribution in [0.15, 0.2) is 12.6 Å². The maximum Gasteiger partial charge on any atom is 0.146 e. The molecule has 0 bridgehead atoms. The molecule has 0 aliphatic heterocycles. The van der Waals surface area contributed by atoms with E-state index in [1.165, 1.54) is 0 Å². The van der Waals surface area contributed by atoms with Crippen LogP contribution in [0.25, 0.3) is 6.08 Å². The minimum atomic E-state index is -0.360. The Morgan fingerprint density at radius 1 is 1.50 bits per heavy atom. The van der Waals surface area contributed by atoms with Crippen molar-refractivity contribution in [3.63, 3.8) is 0 Å². The Morgan fingerprint density at radius 3 is 2.50 bits per heavy atom. The lowest BCUT2D eigenvalue weighted by Gasteiger charge is -2.18. The van der Waals surface area contributed by atoms with Crippen molar-refractivity contribution in [3.8, 4) is 0 Å². The molecule has 0 aliphatic rings. The second-order valence-electron chi connectivity index (χ2n) is 3.36. The smallest absolute Gasteiger partial charge is 0.146 e. The van der Waals surface area contributed by atoms with Gasteiger partial charge in [-0.2, -0.15) is 0 Å². The van der Waals surface area contributed by atoms with E-state index in [0.717, 1.165) is 5.56 Å². The molecular formula is C11H13ClFN. The lowest BCUT2D eigenvalue weighted by atomic mass is 10.1. The molecule has 0 saturated carbocycles. The molecule has 0 heterocycles. The Kier molecular flexibility index (Phi) is 3.17. The number of aryl methyl sites for hydroxylation is 1. The first-order valence-corrected chi connectivity index (χ1v) is 4.65. The van der Waals surface area contributed by atoms with Crippen molar-refractivity contribution in [2.45, 2.75) is 6.92 Å². The minimum absolute atomic E-state index is 0.157. The van der Waals surface area contributed by atoms with Gasteiger partial charge in [0.05, 0.1) is 5.69 Å². The first kappa shape index (κ1) is 11.1. The van der Waals surface area contributed by atoms with E-state index in [0.29, 0.717) is 11.3 Å². The Balaban J connectivity index is 3.52. The summed E-state index contributed by atoms with van der Waals surface area (Å²) in [5, 5.41) is 0.157. The molecule has 1 rings (SSSR count). The summed E-state index contributed by atoms with van der Waals surface area (Å²) in [6.07, 6.45) is 1.67. The molecule has 0 N–H and O–H groups in total. The van der Waals surface area contributed by atoms with Crippen molar-refractivity contribution < 1.29 is 4.39 Å². The summed E-state index contributed by atoms with van der Waals surface area (Å²) >= 11 is 5.91. The molecule has 3 heteroatoms. The Morgan fingerprint density at radius 2 is 2.07 bits per heavy atom. The molecule has 0 atom stereocenters. The zero-order valence-corrected chi connectivity index (χ0v) is 9.32. The molecule has 0 spiro atoms. The molecule has 0 amide bonds. The lowest BCUT2D eigenvalue weighted by Crippen LogP contribution is -2.12. The second-order valence-corrected chi connectivity index (χ2v) is 3.74. The van der Waals surface area contributed by atoms with Crippen LogP contribution in [0, 0.1) is 12.7 Å². The van der Waals surface area contributed by atoms with Crippen LogP contribution in [0.3, 0.4) is 0 Å². The van der Waals surface area contributed by atoms with Gasteiger partial charge >= 0.3 is 0 Å². The molecule has 1 aromatic rings. The molecule has 1 nitrogen and oxygen atoms in total. The maximum atomic E-state index is 13.5. The highest BCUT2D eigenvalue weighted by Crippen LogP contribution is 2.33. The van der Waals surface area contributed by atoms with E-state index in [1.54, 1.807) is 24.0 Å². The molecule has 14 heavy (non-hydrogen) atoms. The summed E-state index contributed by atoms with van der Waals surface area (Å²) in [5.74, 6) is -0.360. The predicted molar refractivity (Wildman–Crippen MR) is 60.6 cm³/mol. The summed E-state index contributed by atoms with van der Waals surface area (Å²) < 4.78 is 13.5. The fraction of sp³-hybridized carbons (Fsp3) is 0.273. The first-order chi connectivity index (χ1) is 6.49. The summed E-state index contributed by atoms with van der Waals surface area (Å²) in [6, 6.07) is 1.74. The highest BCUT2D eigenvalue weighted by atomic mass is 35.5. The van der Waals surface area contributed by atoms with Gasteiger partial charge in [-0.15, -0.1) is 0 Å². The van der Waals surface area contributed by atoms with E-state index in [2.05, 4.69) is 6.58 Å². The van der Waals surface area contributed by atoms with Gasteiger partial charge < -0.3 is 4.90 Å². The zero-order valence-electron chi connectivity index (χ0n) is 8.56. The summed E-state index contributed by atoms with van der Waals surface area (Å²) in [4.78, 5) is 1.78. The number of halogens is 2. The van der Waals surface area contributed by atoms with Gasteiger partial charge in [-0.05, 0) is 24.1 Å². The van der Waals surface area contributed by atoms with E-state index >= 15 is 0 Å². The van der Waals surface area contributed by atoms with Gasteiger partial charge in [-0.3, -0.25) is 0 Å². The highest BCUT2D eigenvalue weighted by Gasteiger charge is 2.14. The van der Waals surface area contributed by atoms with E-state index in [9.17, 15) is 4.39 Å². The van der Waals surface area contributed by atoms with Crippen LogP contribution in [0.1, 0.15) is 11.1 Å². The van der Waals surface area contributed by atoms with Crippen molar-refractivity contribution in [1.82, 2.24) is 0 Å². The molecule has 0 saturated heterocycles. The van der Waals surface area contributed by atoms with Gasteiger partial charge in [-0.25, -0.2) is 4.39 Å². The van der Waals surface area contributed by atoms with Gasteiger partial charge in [0.2, 0.25) is 0 Å². The minimum Gasteiger partial charge on any atom is -0.376 e. The first-order valence-electron chi connectivity index (χ1n) is 4.27. The number of anilines is 1. The van der Waals surface area contributed by atoms with E-state index in [4.69, 9.17) is 11.6 Å². The van der Waals surface area contributed by atoms with E-state index < -0.39 is 0 Å². The fourth-order valence-electron chi connectivity index (χ4n) is 1.38. The van der Waals surface area contributed by atoms with Crippen LogP contribution in [-0.2, 0) is 0 Å². The second kappa shape index (κ2) is 4.01.